The maximum absolute atomic E-state index is 6.59. The molecule has 1 atom stereocenters. The quantitative estimate of drug-likeness (QED) is 0.372. The maximum atomic E-state index is 6.59. The first-order chi connectivity index (χ1) is 10.4. The van der Waals surface area contributed by atoms with Gasteiger partial charge < -0.3 is 13.9 Å². The number of ether oxygens (including phenoxy) is 2. The van der Waals surface area contributed by atoms with Gasteiger partial charge in [0.15, 0.2) is 8.32 Å². The van der Waals surface area contributed by atoms with Crippen LogP contribution in [0.3, 0.4) is 0 Å². The molecule has 0 amide bonds. The van der Waals surface area contributed by atoms with E-state index in [-0.39, 0.29) is 5.22 Å². The van der Waals surface area contributed by atoms with Crippen LogP contribution < -0.4 is 5.19 Å². The van der Waals surface area contributed by atoms with E-state index >= 15 is 0 Å². The van der Waals surface area contributed by atoms with Gasteiger partial charge in [0.05, 0.1) is 22.7 Å². The van der Waals surface area contributed by atoms with Gasteiger partial charge in [0.1, 0.15) is 6.10 Å². The fourth-order valence-electron chi connectivity index (χ4n) is 2.90. The standard InChI is InChI=1S/C17H30O3Si2/c1-17(2,21-16-9-6-5-7-10-16)20-22(3,4)12-8-11-18-13-15-14-19-15/h5-7,9-10,15H,8,11-14,21H2,1-4H3. The Morgan fingerprint density at radius 2 is 1.95 bits per heavy atom. The summed E-state index contributed by atoms with van der Waals surface area (Å²) in [6.45, 7) is 11.7. The second-order valence-corrected chi connectivity index (χ2v) is 14.5. The summed E-state index contributed by atoms with van der Waals surface area (Å²) in [5.74, 6) is 0. The first kappa shape index (κ1) is 17.9. The molecular formula is C17H30O3Si2. The second-order valence-electron chi connectivity index (χ2n) is 7.42. The van der Waals surface area contributed by atoms with E-state index in [1.807, 2.05) is 0 Å². The van der Waals surface area contributed by atoms with Crippen LogP contribution in [0.1, 0.15) is 20.3 Å². The molecule has 1 aromatic carbocycles. The van der Waals surface area contributed by atoms with Crippen molar-refractivity contribution >= 4 is 23.0 Å². The van der Waals surface area contributed by atoms with E-state index in [2.05, 4.69) is 57.3 Å². The first-order valence-corrected chi connectivity index (χ1v) is 12.8. The van der Waals surface area contributed by atoms with Gasteiger partial charge in [-0.2, -0.15) is 0 Å². The topological polar surface area (TPSA) is 31.0 Å². The molecule has 1 fully saturated rings. The van der Waals surface area contributed by atoms with Gasteiger partial charge in [0.25, 0.3) is 0 Å². The van der Waals surface area contributed by atoms with Crippen LogP contribution in [0, 0.1) is 0 Å². The Hall–Kier alpha value is -0.466. The molecule has 1 saturated heterocycles. The molecule has 1 unspecified atom stereocenters. The summed E-state index contributed by atoms with van der Waals surface area (Å²) in [6, 6.07) is 12.0. The summed E-state index contributed by atoms with van der Waals surface area (Å²) in [7, 11) is -2.06. The molecule has 124 valence electrons. The Bertz CT molecular complexity index is 444. The van der Waals surface area contributed by atoms with Crippen LogP contribution in [0.15, 0.2) is 30.3 Å². The van der Waals surface area contributed by atoms with E-state index in [1.54, 1.807) is 0 Å². The highest BCUT2D eigenvalue weighted by Crippen LogP contribution is 2.21. The summed E-state index contributed by atoms with van der Waals surface area (Å²) in [6.07, 6.45) is 1.46. The maximum Gasteiger partial charge on any atom is 0.187 e. The molecule has 0 spiro atoms. The van der Waals surface area contributed by atoms with Crippen molar-refractivity contribution in [3.05, 3.63) is 30.3 Å². The third-order valence-corrected chi connectivity index (χ3v) is 8.63. The Kier molecular flexibility index (Phi) is 6.40. The van der Waals surface area contributed by atoms with Crippen LogP contribution in [0.2, 0.25) is 19.1 Å². The van der Waals surface area contributed by atoms with Gasteiger partial charge >= 0.3 is 0 Å². The zero-order valence-corrected chi connectivity index (χ0v) is 16.8. The molecule has 1 aromatic rings. The van der Waals surface area contributed by atoms with Gasteiger partial charge in [-0.1, -0.05) is 35.5 Å². The second kappa shape index (κ2) is 7.88. The molecule has 0 saturated carbocycles. The van der Waals surface area contributed by atoms with Crippen LogP contribution in [0.4, 0.5) is 0 Å². The third-order valence-electron chi connectivity index (χ3n) is 3.80. The van der Waals surface area contributed by atoms with E-state index in [1.165, 1.54) is 5.19 Å². The number of hydrogen-bond acceptors (Lipinski definition) is 3. The van der Waals surface area contributed by atoms with Crippen molar-refractivity contribution in [1.29, 1.82) is 0 Å². The lowest BCUT2D eigenvalue weighted by Gasteiger charge is -2.35. The highest BCUT2D eigenvalue weighted by atomic mass is 28.4. The van der Waals surface area contributed by atoms with E-state index in [4.69, 9.17) is 13.9 Å². The minimum Gasteiger partial charge on any atom is -0.415 e. The lowest BCUT2D eigenvalue weighted by Crippen LogP contribution is -2.47. The molecule has 0 aliphatic carbocycles. The average Bonchev–Trinajstić information content (AvgIpc) is 3.21. The molecule has 22 heavy (non-hydrogen) atoms. The summed E-state index contributed by atoms with van der Waals surface area (Å²) >= 11 is 0. The molecule has 5 heteroatoms. The van der Waals surface area contributed by atoms with Crippen LogP contribution in [-0.4, -0.2) is 49.0 Å². The summed E-state index contributed by atoms with van der Waals surface area (Å²) < 4.78 is 17.4. The summed E-state index contributed by atoms with van der Waals surface area (Å²) in [4.78, 5) is 0. The summed E-state index contributed by atoms with van der Waals surface area (Å²) in [5.41, 5.74) is 0. The first-order valence-electron chi connectivity index (χ1n) is 8.30. The zero-order chi connectivity index (χ0) is 16.1. The van der Waals surface area contributed by atoms with Gasteiger partial charge in [0.2, 0.25) is 0 Å². The third kappa shape index (κ3) is 7.20. The van der Waals surface area contributed by atoms with Crippen molar-refractivity contribution in [2.75, 3.05) is 19.8 Å². The predicted molar refractivity (Wildman–Crippen MR) is 97.2 cm³/mol. The smallest absolute Gasteiger partial charge is 0.187 e. The number of benzene rings is 1. The molecule has 0 bridgehead atoms. The van der Waals surface area contributed by atoms with E-state index in [9.17, 15) is 0 Å². The van der Waals surface area contributed by atoms with Crippen molar-refractivity contribution in [1.82, 2.24) is 0 Å². The molecule has 1 aliphatic rings. The van der Waals surface area contributed by atoms with Crippen LogP contribution in [0.5, 0.6) is 0 Å². The van der Waals surface area contributed by atoms with Gasteiger partial charge in [0, 0.05) is 11.8 Å². The molecule has 1 heterocycles. The minimum atomic E-state index is -1.63. The highest BCUT2D eigenvalue weighted by molar-refractivity contribution is 6.72. The van der Waals surface area contributed by atoms with E-state index < -0.39 is 17.8 Å². The molecule has 0 N–H and O–H groups in total. The van der Waals surface area contributed by atoms with Crippen LogP contribution >= 0.6 is 0 Å². The Labute approximate surface area is 138 Å². The summed E-state index contributed by atoms with van der Waals surface area (Å²) in [5, 5.41) is 1.50. The average molecular weight is 339 g/mol. The molecule has 2 rings (SSSR count). The molecular weight excluding hydrogens is 308 g/mol. The van der Waals surface area contributed by atoms with E-state index in [0.717, 1.165) is 32.3 Å². The molecule has 0 aromatic heterocycles. The minimum absolute atomic E-state index is 0.0276. The fourth-order valence-corrected chi connectivity index (χ4v) is 8.45. The molecule has 1 aliphatic heterocycles. The highest BCUT2D eigenvalue weighted by Gasteiger charge is 2.31. The monoisotopic (exact) mass is 338 g/mol. The Morgan fingerprint density at radius 3 is 2.59 bits per heavy atom. The van der Waals surface area contributed by atoms with Crippen LogP contribution in [0.25, 0.3) is 0 Å². The predicted octanol–water partition coefficient (Wildman–Crippen LogP) is 2.24. The van der Waals surface area contributed by atoms with Crippen molar-refractivity contribution < 1.29 is 13.9 Å². The largest absolute Gasteiger partial charge is 0.415 e. The van der Waals surface area contributed by atoms with Crippen molar-refractivity contribution in [2.45, 2.75) is 50.7 Å². The number of rotatable bonds is 10. The Balaban J connectivity index is 1.70. The lowest BCUT2D eigenvalue weighted by atomic mass is 10.4. The molecule has 0 radical (unpaired) electrons. The van der Waals surface area contributed by atoms with Gasteiger partial charge in [-0.3, -0.25) is 0 Å². The van der Waals surface area contributed by atoms with Crippen molar-refractivity contribution in [2.24, 2.45) is 0 Å². The van der Waals surface area contributed by atoms with Gasteiger partial charge in [-0.25, -0.2) is 0 Å². The Morgan fingerprint density at radius 1 is 1.27 bits per heavy atom. The van der Waals surface area contributed by atoms with Crippen molar-refractivity contribution in [3.8, 4) is 0 Å². The van der Waals surface area contributed by atoms with E-state index in [0.29, 0.717) is 6.10 Å². The normalized spacial score (nSPS) is 19.0. The molecule has 3 nitrogen and oxygen atoms in total. The fraction of sp³-hybridized carbons (Fsp3) is 0.647. The van der Waals surface area contributed by atoms with Crippen LogP contribution in [-0.2, 0) is 13.9 Å². The van der Waals surface area contributed by atoms with Crippen molar-refractivity contribution in [3.63, 3.8) is 0 Å². The number of hydrogen-bond donors (Lipinski definition) is 0. The SMILES string of the molecule is CC(C)(O[Si](C)(C)CCCOCC1CO1)[SiH2]c1ccccc1. The zero-order valence-electron chi connectivity index (χ0n) is 14.4. The van der Waals surface area contributed by atoms with Gasteiger partial charge in [-0.15, -0.1) is 0 Å². The number of epoxide rings is 1. The lowest BCUT2D eigenvalue weighted by molar-refractivity contribution is 0.115. The van der Waals surface area contributed by atoms with Gasteiger partial charge in [-0.05, 0) is 39.4 Å².